The van der Waals surface area contributed by atoms with Gasteiger partial charge in [-0.1, -0.05) is 0 Å². The predicted molar refractivity (Wildman–Crippen MR) is 54.5 cm³/mol. The van der Waals surface area contributed by atoms with Crippen molar-refractivity contribution in [1.29, 1.82) is 0 Å². The lowest BCUT2D eigenvalue weighted by atomic mass is 10.2. The maximum atomic E-state index is 5.48. The van der Waals surface area contributed by atoms with Crippen molar-refractivity contribution >= 4 is 36.2 Å². The third-order valence-corrected chi connectivity index (χ3v) is 1.12. The average molecular weight is 195 g/mol. The van der Waals surface area contributed by atoms with E-state index >= 15 is 0 Å². The van der Waals surface area contributed by atoms with Crippen molar-refractivity contribution in [3.63, 3.8) is 0 Å². The molecule has 0 fully saturated rings. The van der Waals surface area contributed by atoms with Gasteiger partial charge >= 0.3 is 0 Å². The number of hydrogen-bond acceptors (Lipinski definition) is 2. The zero-order chi connectivity index (χ0) is 6.85. The Labute approximate surface area is 78.8 Å². The summed E-state index contributed by atoms with van der Waals surface area (Å²) in [6, 6.07) is 5.51. The number of anilines is 2. The molecule has 0 heterocycles. The van der Waals surface area contributed by atoms with Gasteiger partial charge in [0.15, 0.2) is 0 Å². The standard InChI is InChI=1S/C7H10N2.2ClH/c1-5-2-6(8)4-7(9)3-5;;/h2-4H,8-9H2,1H3;2*1H. The molecule has 0 atom stereocenters. The van der Waals surface area contributed by atoms with Crippen LogP contribution in [0.5, 0.6) is 0 Å². The number of nitrogens with two attached hydrogens (primary N) is 2. The first kappa shape index (κ1) is 13.0. The van der Waals surface area contributed by atoms with Gasteiger partial charge in [0.1, 0.15) is 0 Å². The van der Waals surface area contributed by atoms with Crippen LogP contribution in [0, 0.1) is 6.92 Å². The molecule has 2 nitrogen and oxygen atoms in total. The highest BCUT2D eigenvalue weighted by Crippen LogP contribution is 2.11. The van der Waals surface area contributed by atoms with E-state index in [1.165, 1.54) is 0 Å². The molecular weight excluding hydrogens is 183 g/mol. The Morgan fingerprint density at radius 2 is 1.27 bits per heavy atom. The minimum absolute atomic E-state index is 0. The van der Waals surface area contributed by atoms with Crippen molar-refractivity contribution in [1.82, 2.24) is 0 Å². The maximum Gasteiger partial charge on any atom is 0.0337 e. The molecule has 1 aromatic carbocycles. The molecule has 4 N–H and O–H groups in total. The van der Waals surface area contributed by atoms with Gasteiger partial charge in [-0.2, -0.15) is 0 Å². The number of rotatable bonds is 0. The van der Waals surface area contributed by atoms with Crippen LogP contribution in [0.4, 0.5) is 11.4 Å². The zero-order valence-corrected chi connectivity index (χ0v) is 7.84. The maximum absolute atomic E-state index is 5.48. The molecule has 0 aliphatic heterocycles. The number of aryl methyl sites for hydroxylation is 1. The van der Waals surface area contributed by atoms with Crippen LogP contribution in [0.25, 0.3) is 0 Å². The van der Waals surface area contributed by atoms with Gasteiger partial charge in [-0.25, -0.2) is 0 Å². The summed E-state index contributed by atoms with van der Waals surface area (Å²) in [5, 5.41) is 0. The number of benzene rings is 1. The molecule has 1 aromatic rings. The summed E-state index contributed by atoms with van der Waals surface area (Å²) in [6.07, 6.45) is 0. The van der Waals surface area contributed by atoms with Crippen molar-refractivity contribution in [2.75, 3.05) is 11.5 Å². The van der Waals surface area contributed by atoms with Crippen LogP contribution in [0.1, 0.15) is 5.56 Å². The lowest BCUT2D eigenvalue weighted by Crippen LogP contribution is -1.90. The van der Waals surface area contributed by atoms with Gasteiger partial charge in [0.2, 0.25) is 0 Å². The minimum Gasteiger partial charge on any atom is -0.399 e. The summed E-state index contributed by atoms with van der Waals surface area (Å²) in [4.78, 5) is 0. The molecule has 0 amide bonds. The van der Waals surface area contributed by atoms with E-state index in [4.69, 9.17) is 11.5 Å². The van der Waals surface area contributed by atoms with E-state index < -0.39 is 0 Å². The second-order valence-electron chi connectivity index (χ2n) is 2.18. The molecule has 0 aliphatic rings. The van der Waals surface area contributed by atoms with Crippen LogP contribution < -0.4 is 11.5 Å². The van der Waals surface area contributed by atoms with Crippen molar-refractivity contribution < 1.29 is 0 Å². The van der Waals surface area contributed by atoms with E-state index in [2.05, 4.69) is 0 Å². The normalized spacial score (nSPS) is 7.73. The van der Waals surface area contributed by atoms with Crippen molar-refractivity contribution in [3.8, 4) is 0 Å². The number of nitrogen functional groups attached to an aromatic ring is 2. The Kier molecular flexibility index (Phi) is 6.04. The van der Waals surface area contributed by atoms with E-state index in [0.29, 0.717) is 0 Å². The quantitative estimate of drug-likeness (QED) is 0.622. The van der Waals surface area contributed by atoms with Crippen LogP contribution in [0.15, 0.2) is 18.2 Å². The summed E-state index contributed by atoms with van der Waals surface area (Å²) >= 11 is 0. The van der Waals surface area contributed by atoms with Gasteiger partial charge in [-0.15, -0.1) is 24.8 Å². The Balaban J connectivity index is 0. The predicted octanol–water partition coefficient (Wildman–Crippen LogP) is 2.00. The second kappa shape index (κ2) is 5.10. The fourth-order valence-corrected chi connectivity index (χ4v) is 0.843. The molecule has 64 valence electrons. The Bertz CT molecular complexity index is 175. The van der Waals surface area contributed by atoms with Crippen LogP contribution in [0.2, 0.25) is 0 Å². The van der Waals surface area contributed by atoms with E-state index in [-0.39, 0.29) is 24.8 Å². The first-order valence-electron chi connectivity index (χ1n) is 2.81. The lowest BCUT2D eigenvalue weighted by Gasteiger charge is -1.97. The van der Waals surface area contributed by atoms with E-state index in [9.17, 15) is 0 Å². The minimum atomic E-state index is 0. The first-order valence-corrected chi connectivity index (χ1v) is 2.81. The highest BCUT2D eigenvalue weighted by molar-refractivity contribution is 5.85. The van der Waals surface area contributed by atoms with Crippen LogP contribution in [-0.2, 0) is 0 Å². The van der Waals surface area contributed by atoms with Crippen LogP contribution in [0.3, 0.4) is 0 Å². The van der Waals surface area contributed by atoms with Crippen molar-refractivity contribution in [2.24, 2.45) is 0 Å². The molecule has 0 radical (unpaired) electrons. The smallest absolute Gasteiger partial charge is 0.0337 e. The fourth-order valence-electron chi connectivity index (χ4n) is 0.843. The van der Waals surface area contributed by atoms with Crippen LogP contribution in [-0.4, -0.2) is 0 Å². The van der Waals surface area contributed by atoms with Gasteiger partial charge in [0.05, 0.1) is 0 Å². The molecule has 0 aliphatic carbocycles. The van der Waals surface area contributed by atoms with Gasteiger partial charge in [0, 0.05) is 11.4 Å². The van der Waals surface area contributed by atoms with E-state index in [1.807, 2.05) is 19.1 Å². The molecule has 0 saturated carbocycles. The summed E-state index contributed by atoms with van der Waals surface area (Å²) in [7, 11) is 0. The highest BCUT2D eigenvalue weighted by atomic mass is 35.5. The Morgan fingerprint density at radius 3 is 1.55 bits per heavy atom. The second-order valence-corrected chi connectivity index (χ2v) is 2.18. The van der Waals surface area contributed by atoms with Gasteiger partial charge in [-0.3, -0.25) is 0 Å². The van der Waals surface area contributed by atoms with Gasteiger partial charge < -0.3 is 11.5 Å². The Hall–Kier alpha value is -0.600. The summed E-state index contributed by atoms with van der Waals surface area (Å²) < 4.78 is 0. The third-order valence-electron chi connectivity index (χ3n) is 1.12. The summed E-state index contributed by atoms with van der Waals surface area (Å²) in [5.74, 6) is 0. The molecule has 1 rings (SSSR count). The topological polar surface area (TPSA) is 52.0 Å². The summed E-state index contributed by atoms with van der Waals surface area (Å²) in [5.41, 5.74) is 13.5. The molecule has 0 saturated heterocycles. The highest BCUT2D eigenvalue weighted by Gasteiger charge is 1.88. The lowest BCUT2D eigenvalue weighted by molar-refractivity contribution is 1.47. The average Bonchev–Trinajstić information content (AvgIpc) is 1.59. The molecular formula is C7H12Cl2N2. The molecule has 0 aromatic heterocycles. The van der Waals surface area contributed by atoms with Crippen molar-refractivity contribution in [3.05, 3.63) is 23.8 Å². The Morgan fingerprint density at radius 1 is 0.909 bits per heavy atom. The van der Waals surface area contributed by atoms with Crippen molar-refractivity contribution in [2.45, 2.75) is 6.92 Å². The SMILES string of the molecule is Cc1cc(N)cc(N)c1.Cl.Cl. The first-order chi connectivity index (χ1) is 4.18. The van der Waals surface area contributed by atoms with Gasteiger partial charge in [-0.05, 0) is 30.7 Å². The monoisotopic (exact) mass is 194 g/mol. The molecule has 0 spiro atoms. The van der Waals surface area contributed by atoms with Crippen LogP contribution >= 0.6 is 24.8 Å². The number of halogens is 2. The molecule has 0 unspecified atom stereocenters. The van der Waals surface area contributed by atoms with E-state index in [0.717, 1.165) is 16.9 Å². The number of hydrogen-bond donors (Lipinski definition) is 2. The fraction of sp³-hybridized carbons (Fsp3) is 0.143. The zero-order valence-electron chi connectivity index (χ0n) is 6.20. The molecule has 11 heavy (non-hydrogen) atoms. The summed E-state index contributed by atoms with van der Waals surface area (Å²) in [6.45, 7) is 1.96. The van der Waals surface area contributed by atoms with Gasteiger partial charge in [0.25, 0.3) is 0 Å². The molecule has 0 bridgehead atoms. The molecule has 4 heteroatoms. The largest absolute Gasteiger partial charge is 0.399 e. The van der Waals surface area contributed by atoms with E-state index in [1.54, 1.807) is 6.07 Å². The third kappa shape index (κ3) is 3.96.